The number of amides is 3. The Hall–Kier alpha value is -2.49. The third-order valence-corrected chi connectivity index (χ3v) is 4.99. The zero-order valence-corrected chi connectivity index (χ0v) is 17.3. The number of carbonyl (C=O) groups excluding carboxylic acids is 3. The number of carbonyl (C=O) groups is 3. The molecule has 0 aliphatic heterocycles. The zero-order chi connectivity index (χ0) is 22.6. The monoisotopic (exact) mass is 441 g/mol. The van der Waals surface area contributed by atoms with Crippen LogP contribution >= 0.6 is 11.6 Å². The molecule has 0 fully saturated rings. The van der Waals surface area contributed by atoms with E-state index in [2.05, 4.69) is 10.6 Å². The van der Waals surface area contributed by atoms with Crippen LogP contribution in [0.25, 0.3) is 0 Å². The molecular formula is C20H25ClFN3O5. The third kappa shape index (κ3) is 6.01. The minimum absolute atomic E-state index is 0.0405. The van der Waals surface area contributed by atoms with Crippen LogP contribution in [0.4, 0.5) is 4.39 Å². The van der Waals surface area contributed by atoms with E-state index in [1.165, 1.54) is 12.1 Å². The molecular weight excluding hydrogens is 417 g/mol. The summed E-state index contributed by atoms with van der Waals surface area (Å²) in [5, 5.41) is 25.1. The number of hydrogen-bond donors (Lipinski definition) is 5. The van der Waals surface area contributed by atoms with Gasteiger partial charge in [-0.3, -0.25) is 14.4 Å². The van der Waals surface area contributed by atoms with E-state index in [9.17, 15) is 29.0 Å². The molecule has 0 saturated carbocycles. The molecule has 0 bridgehead atoms. The number of primary amides is 1. The van der Waals surface area contributed by atoms with Crippen LogP contribution in [0.1, 0.15) is 37.0 Å². The molecule has 10 heteroatoms. The normalized spacial score (nSPS) is 22.2. The fourth-order valence-corrected chi connectivity index (χ4v) is 3.29. The first-order valence-electron chi connectivity index (χ1n) is 9.42. The van der Waals surface area contributed by atoms with Gasteiger partial charge in [0.1, 0.15) is 18.0 Å². The lowest BCUT2D eigenvalue weighted by molar-refractivity contribution is -0.126. The van der Waals surface area contributed by atoms with Crippen molar-refractivity contribution < 1.29 is 29.0 Å². The minimum Gasteiger partial charge on any atom is -0.390 e. The van der Waals surface area contributed by atoms with Crippen molar-refractivity contribution in [2.45, 2.75) is 51.0 Å². The van der Waals surface area contributed by atoms with E-state index in [-0.39, 0.29) is 28.5 Å². The lowest BCUT2D eigenvalue weighted by Crippen LogP contribution is -2.52. The molecule has 164 valence electrons. The van der Waals surface area contributed by atoms with Crippen LogP contribution in [0.2, 0.25) is 5.02 Å². The highest BCUT2D eigenvalue weighted by Gasteiger charge is 2.34. The first kappa shape index (κ1) is 23.8. The third-order valence-electron chi connectivity index (χ3n) is 4.70. The second kappa shape index (κ2) is 10.0. The maximum Gasteiger partial charge on any atom is 0.251 e. The van der Waals surface area contributed by atoms with Gasteiger partial charge in [-0.15, -0.1) is 0 Å². The molecule has 0 spiro atoms. The Labute approximate surface area is 178 Å². The molecule has 1 aliphatic carbocycles. The van der Waals surface area contributed by atoms with Crippen LogP contribution in [0, 0.1) is 11.7 Å². The molecule has 8 nitrogen and oxygen atoms in total. The second-order valence-electron chi connectivity index (χ2n) is 7.64. The van der Waals surface area contributed by atoms with Crippen molar-refractivity contribution >= 4 is 29.3 Å². The molecule has 0 heterocycles. The van der Waals surface area contributed by atoms with Crippen LogP contribution in [0.3, 0.4) is 0 Å². The van der Waals surface area contributed by atoms with Gasteiger partial charge in [-0.2, -0.15) is 0 Å². The standard InChI is InChI=1S/C20H25ClFN3O5/c1-9(2)5-15(18(23)28)25-20(30)11-7-14(17(27)16(26)8-11)24-19(29)10-3-4-13(22)12(21)6-10/h3-4,6-7,9,14-17,26-27H,5,8H2,1-2H3,(H2,23,28)(H,24,29)(H,25,30). The van der Waals surface area contributed by atoms with Crippen molar-refractivity contribution in [3.05, 3.63) is 46.3 Å². The SMILES string of the molecule is CC(C)CC(NC(=O)C1=CC(NC(=O)c2ccc(F)c(Cl)c2)C(O)C(O)C1)C(N)=O. The average Bonchev–Trinajstić information content (AvgIpc) is 2.66. The number of hydrogen-bond acceptors (Lipinski definition) is 5. The quantitative estimate of drug-likeness (QED) is 0.422. The number of benzene rings is 1. The van der Waals surface area contributed by atoms with Crippen LogP contribution in [-0.2, 0) is 9.59 Å². The van der Waals surface area contributed by atoms with E-state index in [1.807, 2.05) is 13.8 Å². The van der Waals surface area contributed by atoms with E-state index in [1.54, 1.807) is 0 Å². The van der Waals surface area contributed by atoms with E-state index in [0.717, 1.165) is 12.1 Å². The van der Waals surface area contributed by atoms with Crippen molar-refractivity contribution in [2.75, 3.05) is 0 Å². The van der Waals surface area contributed by atoms with Gasteiger partial charge in [-0.05, 0) is 30.5 Å². The maximum atomic E-state index is 13.3. The summed E-state index contributed by atoms with van der Waals surface area (Å²) in [5.41, 5.74) is 5.46. The summed E-state index contributed by atoms with van der Waals surface area (Å²) < 4.78 is 13.3. The first-order valence-corrected chi connectivity index (χ1v) is 9.80. The van der Waals surface area contributed by atoms with Gasteiger partial charge in [0.2, 0.25) is 11.8 Å². The Balaban J connectivity index is 2.17. The van der Waals surface area contributed by atoms with Crippen molar-refractivity contribution in [3.8, 4) is 0 Å². The van der Waals surface area contributed by atoms with Gasteiger partial charge in [0.05, 0.1) is 17.2 Å². The largest absolute Gasteiger partial charge is 0.390 e. The fourth-order valence-electron chi connectivity index (χ4n) is 3.10. The Morgan fingerprint density at radius 2 is 1.93 bits per heavy atom. The number of nitrogens with one attached hydrogen (secondary N) is 2. The van der Waals surface area contributed by atoms with Gasteiger partial charge in [-0.25, -0.2) is 4.39 Å². The molecule has 30 heavy (non-hydrogen) atoms. The number of aliphatic hydroxyl groups excluding tert-OH is 2. The summed E-state index contributed by atoms with van der Waals surface area (Å²) in [7, 11) is 0. The Kier molecular flexibility index (Phi) is 7.94. The van der Waals surface area contributed by atoms with Gasteiger partial charge in [0, 0.05) is 17.6 Å². The molecule has 1 aromatic carbocycles. The van der Waals surface area contributed by atoms with Gasteiger partial charge in [0.15, 0.2) is 0 Å². The zero-order valence-electron chi connectivity index (χ0n) is 16.6. The first-order chi connectivity index (χ1) is 14.0. The van der Waals surface area contributed by atoms with E-state index in [0.29, 0.717) is 6.42 Å². The predicted molar refractivity (Wildman–Crippen MR) is 108 cm³/mol. The fraction of sp³-hybridized carbons (Fsp3) is 0.450. The molecule has 1 aromatic rings. The Bertz CT molecular complexity index is 861. The molecule has 2 rings (SSSR count). The number of nitrogens with two attached hydrogens (primary N) is 1. The topological polar surface area (TPSA) is 142 Å². The van der Waals surface area contributed by atoms with Crippen molar-refractivity contribution in [3.63, 3.8) is 0 Å². The molecule has 4 unspecified atom stereocenters. The summed E-state index contributed by atoms with van der Waals surface area (Å²) in [6.07, 6.45) is -1.22. The molecule has 0 aromatic heterocycles. The summed E-state index contributed by atoms with van der Waals surface area (Å²) in [4.78, 5) is 36.6. The highest BCUT2D eigenvalue weighted by atomic mass is 35.5. The highest BCUT2D eigenvalue weighted by Crippen LogP contribution is 2.22. The van der Waals surface area contributed by atoms with Gasteiger partial charge in [-0.1, -0.05) is 31.5 Å². The lowest BCUT2D eigenvalue weighted by Gasteiger charge is -2.31. The average molecular weight is 442 g/mol. The number of aliphatic hydroxyl groups is 2. The summed E-state index contributed by atoms with van der Waals surface area (Å²) >= 11 is 5.68. The summed E-state index contributed by atoms with van der Waals surface area (Å²) in [5.74, 6) is -2.59. The smallest absolute Gasteiger partial charge is 0.251 e. The molecule has 1 aliphatic rings. The number of rotatable bonds is 7. The minimum atomic E-state index is -1.37. The van der Waals surface area contributed by atoms with Crippen LogP contribution in [0.5, 0.6) is 0 Å². The van der Waals surface area contributed by atoms with Crippen molar-refractivity contribution in [1.29, 1.82) is 0 Å². The molecule has 4 atom stereocenters. The molecule has 6 N–H and O–H groups in total. The molecule has 0 saturated heterocycles. The summed E-state index contributed by atoms with van der Waals surface area (Å²) in [6.45, 7) is 3.74. The highest BCUT2D eigenvalue weighted by molar-refractivity contribution is 6.31. The molecule has 3 amide bonds. The van der Waals surface area contributed by atoms with E-state index >= 15 is 0 Å². The lowest BCUT2D eigenvalue weighted by atomic mass is 9.89. The van der Waals surface area contributed by atoms with Gasteiger partial charge < -0.3 is 26.6 Å². The van der Waals surface area contributed by atoms with Gasteiger partial charge in [0.25, 0.3) is 5.91 Å². The molecule has 0 radical (unpaired) electrons. The van der Waals surface area contributed by atoms with E-state index < -0.39 is 47.8 Å². The van der Waals surface area contributed by atoms with Crippen molar-refractivity contribution in [1.82, 2.24) is 10.6 Å². The second-order valence-corrected chi connectivity index (χ2v) is 8.05. The van der Waals surface area contributed by atoms with Crippen LogP contribution < -0.4 is 16.4 Å². The Morgan fingerprint density at radius 1 is 1.27 bits per heavy atom. The van der Waals surface area contributed by atoms with Gasteiger partial charge >= 0.3 is 0 Å². The maximum absolute atomic E-state index is 13.3. The van der Waals surface area contributed by atoms with E-state index in [4.69, 9.17) is 17.3 Å². The number of halogens is 2. The summed E-state index contributed by atoms with van der Waals surface area (Å²) in [6, 6.07) is 1.37. The Morgan fingerprint density at radius 3 is 2.50 bits per heavy atom. The van der Waals surface area contributed by atoms with Crippen LogP contribution in [-0.4, -0.2) is 52.2 Å². The van der Waals surface area contributed by atoms with Crippen LogP contribution in [0.15, 0.2) is 29.8 Å². The van der Waals surface area contributed by atoms with Crippen molar-refractivity contribution in [2.24, 2.45) is 11.7 Å². The predicted octanol–water partition coefficient (Wildman–Crippen LogP) is 0.646.